The number of carbonyl (C=O) groups excluding carboxylic acids is 1. The second-order valence-corrected chi connectivity index (χ2v) is 4.39. The first kappa shape index (κ1) is 13.4. The van der Waals surface area contributed by atoms with Gasteiger partial charge in [0.1, 0.15) is 10.6 Å². The van der Waals surface area contributed by atoms with Crippen molar-refractivity contribution in [1.82, 2.24) is 4.98 Å². The van der Waals surface area contributed by atoms with Crippen LogP contribution in [-0.2, 0) is 0 Å². The highest BCUT2D eigenvalue weighted by Crippen LogP contribution is 2.17. The summed E-state index contributed by atoms with van der Waals surface area (Å²) in [6, 6.07) is 5.97. The van der Waals surface area contributed by atoms with Crippen LogP contribution in [0.3, 0.4) is 0 Å². The maximum absolute atomic E-state index is 11.8. The molecule has 2 rings (SSSR count). The van der Waals surface area contributed by atoms with Gasteiger partial charge in [0.15, 0.2) is 5.76 Å². The Hall–Kier alpha value is -2.06. The normalized spacial score (nSPS) is 10.2. The molecule has 0 radical (unpaired) electrons. The molecule has 19 heavy (non-hydrogen) atoms. The van der Waals surface area contributed by atoms with Crippen molar-refractivity contribution >= 4 is 33.5 Å². The standard InChI is InChI=1S/C11H8BrN3O4/c12-7-1-3-9(13-5-7)14-11(17)8-2-4-10(19-8)15(18)6-16/h1-5,16H,6H2/p+1. The summed E-state index contributed by atoms with van der Waals surface area (Å²) in [5.41, 5.74) is 0. The molecule has 0 saturated carbocycles. The topological polar surface area (TPSA) is 95.4 Å². The van der Waals surface area contributed by atoms with Gasteiger partial charge in [0.25, 0.3) is 5.91 Å². The van der Waals surface area contributed by atoms with Gasteiger partial charge in [-0.15, -0.1) is 0 Å². The van der Waals surface area contributed by atoms with Crippen molar-refractivity contribution < 1.29 is 19.1 Å². The number of nitrogens with one attached hydrogen (secondary N) is 1. The summed E-state index contributed by atoms with van der Waals surface area (Å²) in [5, 5.41) is 11.1. The van der Waals surface area contributed by atoms with E-state index in [1.807, 2.05) is 0 Å². The van der Waals surface area contributed by atoms with Gasteiger partial charge in [-0.05, 0) is 34.1 Å². The molecule has 7 nitrogen and oxygen atoms in total. The van der Waals surface area contributed by atoms with E-state index in [-0.39, 0.29) is 16.4 Å². The fraction of sp³-hybridized carbons (Fsp3) is 0.0909. The molecular formula is C11H9BrN3O4+. The van der Waals surface area contributed by atoms with Crippen molar-refractivity contribution in [2.24, 2.45) is 0 Å². The average Bonchev–Trinajstić information content (AvgIpc) is 2.90. The highest BCUT2D eigenvalue weighted by Gasteiger charge is 2.20. The molecule has 2 aromatic heterocycles. The predicted molar refractivity (Wildman–Crippen MR) is 69.0 cm³/mol. The Kier molecular flexibility index (Phi) is 4.03. The first-order valence-electron chi connectivity index (χ1n) is 5.18. The van der Waals surface area contributed by atoms with Gasteiger partial charge in [-0.3, -0.25) is 4.79 Å². The molecule has 0 aliphatic carbocycles. The molecule has 8 heteroatoms. The van der Waals surface area contributed by atoms with Gasteiger partial charge < -0.3 is 14.8 Å². The number of amides is 1. The van der Waals surface area contributed by atoms with Crippen LogP contribution in [0.1, 0.15) is 10.6 Å². The van der Waals surface area contributed by atoms with E-state index < -0.39 is 12.6 Å². The lowest BCUT2D eigenvalue weighted by Gasteiger charge is -2.01. The van der Waals surface area contributed by atoms with Crippen molar-refractivity contribution in [1.29, 1.82) is 0 Å². The molecule has 0 spiro atoms. The van der Waals surface area contributed by atoms with Gasteiger partial charge in [-0.25, -0.2) is 4.98 Å². The van der Waals surface area contributed by atoms with Crippen LogP contribution >= 0.6 is 15.9 Å². The third kappa shape index (κ3) is 3.24. The van der Waals surface area contributed by atoms with Gasteiger partial charge in [-0.2, -0.15) is 0 Å². The number of carbonyl (C=O) groups is 1. The summed E-state index contributed by atoms with van der Waals surface area (Å²) in [6.45, 7) is -0.747. The van der Waals surface area contributed by atoms with Gasteiger partial charge in [0.2, 0.25) is 0 Å². The van der Waals surface area contributed by atoms with Gasteiger partial charge in [0.05, 0.1) is 6.07 Å². The van der Waals surface area contributed by atoms with Crippen molar-refractivity contribution in [3.63, 3.8) is 0 Å². The molecule has 0 aliphatic rings. The summed E-state index contributed by atoms with van der Waals surface area (Å²) in [7, 11) is 0. The van der Waals surface area contributed by atoms with E-state index in [9.17, 15) is 9.70 Å². The smallest absolute Gasteiger partial charge is 0.396 e. The zero-order valence-electron chi connectivity index (χ0n) is 9.54. The quantitative estimate of drug-likeness (QED) is 0.662. The van der Waals surface area contributed by atoms with Crippen LogP contribution in [0, 0.1) is 4.91 Å². The zero-order valence-corrected chi connectivity index (χ0v) is 11.1. The number of pyridine rings is 1. The molecule has 0 saturated heterocycles. The number of rotatable bonds is 4. The minimum absolute atomic E-state index is 0.0472. The number of halogens is 1. The molecule has 2 N–H and O–H groups in total. The molecule has 2 aromatic rings. The second kappa shape index (κ2) is 5.72. The fourth-order valence-corrected chi connectivity index (χ4v) is 1.52. The number of hydrogen-bond donors (Lipinski definition) is 2. The summed E-state index contributed by atoms with van der Waals surface area (Å²) in [4.78, 5) is 26.8. The van der Waals surface area contributed by atoms with E-state index in [1.165, 1.54) is 18.3 Å². The minimum Gasteiger partial charge on any atom is -0.396 e. The fourth-order valence-electron chi connectivity index (χ4n) is 1.28. The van der Waals surface area contributed by atoms with Gasteiger partial charge in [-0.1, -0.05) is 0 Å². The zero-order chi connectivity index (χ0) is 13.8. The second-order valence-electron chi connectivity index (χ2n) is 3.47. The van der Waals surface area contributed by atoms with E-state index in [1.54, 1.807) is 12.1 Å². The Labute approximate surface area is 116 Å². The maximum Gasteiger partial charge on any atom is 0.424 e. The molecule has 0 unspecified atom stereocenters. The number of hydrogen-bond acceptors (Lipinski definition) is 5. The Balaban J connectivity index is 2.09. The number of aromatic nitrogens is 1. The summed E-state index contributed by atoms with van der Waals surface area (Å²) in [6.07, 6.45) is 1.54. The lowest BCUT2D eigenvalue weighted by Crippen LogP contribution is -2.11. The summed E-state index contributed by atoms with van der Waals surface area (Å²) in [5.74, 6) is -0.370. The van der Waals surface area contributed by atoms with Crippen LogP contribution in [0.25, 0.3) is 0 Å². The maximum atomic E-state index is 11.8. The minimum atomic E-state index is -0.747. The molecule has 98 valence electrons. The van der Waals surface area contributed by atoms with Crippen LogP contribution < -0.4 is 5.32 Å². The Morgan fingerprint density at radius 3 is 2.84 bits per heavy atom. The van der Waals surface area contributed by atoms with Crippen LogP contribution in [0.5, 0.6) is 0 Å². The van der Waals surface area contributed by atoms with Crippen molar-refractivity contribution in [2.45, 2.75) is 0 Å². The molecule has 0 aliphatic heterocycles. The molecule has 0 bridgehead atoms. The number of aliphatic hydroxyl groups is 1. The van der Waals surface area contributed by atoms with E-state index in [0.29, 0.717) is 5.82 Å². The van der Waals surface area contributed by atoms with Crippen molar-refractivity contribution in [2.75, 3.05) is 12.0 Å². The van der Waals surface area contributed by atoms with Gasteiger partial charge >= 0.3 is 12.6 Å². The number of aliphatic hydroxyl groups excluding tert-OH is 1. The molecule has 0 fully saturated rings. The lowest BCUT2D eigenvalue weighted by atomic mass is 10.4. The predicted octanol–water partition coefficient (Wildman–Crippen LogP) is 2.05. The number of nitrogens with zero attached hydrogens (tertiary/aromatic N) is 2. The van der Waals surface area contributed by atoms with Crippen molar-refractivity contribution in [3.8, 4) is 0 Å². The Morgan fingerprint density at radius 2 is 2.21 bits per heavy atom. The van der Waals surface area contributed by atoms with E-state index in [4.69, 9.17) is 9.52 Å². The molecule has 1 amide bonds. The molecule has 2 heterocycles. The van der Waals surface area contributed by atoms with E-state index >= 15 is 0 Å². The first-order chi connectivity index (χ1) is 9.10. The van der Waals surface area contributed by atoms with Crippen molar-refractivity contribution in [3.05, 3.63) is 45.6 Å². The molecular weight excluding hydrogens is 318 g/mol. The summed E-state index contributed by atoms with van der Waals surface area (Å²) >= 11 is 3.23. The van der Waals surface area contributed by atoms with E-state index in [2.05, 4.69) is 26.2 Å². The molecule has 0 atom stereocenters. The number of nitroso groups, excluding NO2 is 1. The monoisotopic (exact) mass is 326 g/mol. The largest absolute Gasteiger partial charge is 0.424 e. The highest BCUT2D eigenvalue weighted by atomic mass is 79.9. The number of furan rings is 1. The average molecular weight is 327 g/mol. The SMILES string of the molecule is O=C(Nc1ccc(Br)cn1)c1ccc([N+](=O)CO)o1. The van der Waals surface area contributed by atoms with Crippen LogP contribution in [0.2, 0.25) is 0 Å². The third-order valence-corrected chi connectivity index (χ3v) is 2.63. The Morgan fingerprint density at radius 1 is 1.42 bits per heavy atom. The third-order valence-electron chi connectivity index (χ3n) is 2.16. The van der Waals surface area contributed by atoms with Crippen LogP contribution in [0.15, 0.2) is 39.4 Å². The first-order valence-corrected chi connectivity index (χ1v) is 5.97. The van der Waals surface area contributed by atoms with Crippen LogP contribution in [0.4, 0.5) is 11.7 Å². The lowest BCUT2D eigenvalue weighted by molar-refractivity contribution is -0.517. The summed E-state index contributed by atoms with van der Waals surface area (Å²) < 4.78 is 6.00. The van der Waals surface area contributed by atoms with Gasteiger partial charge in [0, 0.05) is 15.6 Å². The van der Waals surface area contributed by atoms with E-state index in [0.717, 1.165) is 4.47 Å². The van der Waals surface area contributed by atoms with Crippen LogP contribution in [-0.4, -0.2) is 27.5 Å². The Bertz CT molecular complexity index is 609. The number of anilines is 1. The molecule has 0 aromatic carbocycles. The highest BCUT2D eigenvalue weighted by molar-refractivity contribution is 9.10.